The largest absolute Gasteiger partial charge is 0.383 e. The van der Waals surface area contributed by atoms with E-state index >= 15 is 0 Å². The molecule has 15 heteroatoms. The molecule has 1 aliphatic heterocycles. The second-order valence-corrected chi connectivity index (χ2v) is 10.9. The molecule has 3 heterocycles. The lowest BCUT2D eigenvalue weighted by atomic mass is 10.2. The van der Waals surface area contributed by atoms with Crippen LogP contribution in [-0.2, 0) is 20.9 Å². The molecule has 2 amide bonds. The number of halogens is 5. The number of likely N-dealkylation sites (N-methyl/N-ethyl adjacent to an activating group) is 1. The zero-order chi connectivity index (χ0) is 26.4. The predicted molar refractivity (Wildman–Crippen MR) is 124 cm³/mol. The molecule has 1 fully saturated rings. The first-order valence-electron chi connectivity index (χ1n) is 10.8. The van der Waals surface area contributed by atoms with Gasteiger partial charge in [0, 0.05) is 26.4 Å². The minimum absolute atomic E-state index is 0.118. The minimum atomic E-state index is -9.80. The van der Waals surface area contributed by atoms with E-state index in [1.54, 1.807) is 10.9 Å². The molecule has 4 rings (SSSR count). The average Bonchev–Trinajstić information content (AvgIpc) is 3.26. The minimum Gasteiger partial charge on any atom is -0.383 e. The molecular formula is C21H23F5N6O3S. The van der Waals surface area contributed by atoms with E-state index in [-0.39, 0.29) is 42.0 Å². The zero-order valence-electron chi connectivity index (χ0n) is 19.0. The van der Waals surface area contributed by atoms with Crippen LogP contribution in [0.4, 0.5) is 30.9 Å². The van der Waals surface area contributed by atoms with Crippen LogP contribution in [-0.4, -0.2) is 45.1 Å². The number of nitrogens with zero attached hydrogens (tertiary/aromatic N) is 4. The Bertz CT molecular complexity index is 1330. The summed E-state index contributed by atoms with van der Waals surface area (Å²) in [5.74, 6) is -1.91. The summed E-state index contributed by atoms with van der Waals surface area (Å²) >= 11 is 0. The lowest BCUT2D eigenvalue weighted by Gasteiger charge is -2.40. The van der Waals surface area contributed by atoms with Crippen molar-refractivity contribution < 1.29 is 33.8 Å². The molecule has 1 saturated heterocycles. The number of nitrogens with one attached hydrogen (secondary N) is 1. The summed E-state index contributed by atoms with van der Waals surface area (Å²) in [6.07, 6.45) is 5.25. The smallest absolute Gasteiger partial charge is 0.314 e. The normalized spacial score (nSPS) is 18.3. The zero-order valence-corrected chi connectivity index (χ0v) is 19.8. The summed E-state index contributed by atoms with van der Waals surface area (Å²) < 4.78 is 71.7. The highest BCUT2D eigenvalue weighted by molar-refractivity contribution is 8.45. The molecule has 9 nitrogen and oxygen atoms in total. The van der Waals surface area contributed by atoms with E-state index in [2.05, 4.69) is 15.4 Å². The number of carbonyl (C=O) groups excluding carboxylic acids is 2. The molecule has 3 aromatic rings. The molecule has 0 aliphatic carbocycles. The highest BCUT2D eigenvalue weighted by atomic mass is 32.5. The SMILES string of the molecule is CN(Cc1ccc(S(F)(F)(F)(F)F)cc1)C(=O)C(=O)Nc1cnc(N)c2cn(C3CCCCO3)nc12. The second-order valence-electron chi connectivity index (χ2n) is 8.48. The van der Waals surface area contributed by atoms with E-state index in [4.69, 9.17) is 10.5 Å². The lowest BCUT2D eigenvalue weighted by Crippen LogP contribution is -2.36. The van der Waals surface area contributed by atoms with Crippen molar-refractivity contribution >= 4 is 44.4 Å². The van der Waals surface area contributed by atoms with E-state index in [9.17, 15) is 29.0 Å². The molecular weight excluding hydrogens is 511 g/mol. The summed E-state index contributed by atoms with van der Waals surface area (Å²) in [6.45, 7) is 0.289. The van der Waals surface area contributed by atoms with Crippen molar-refractivity contribution in [2.45, 2.75) is 36.9 Å². The van der Waals surface area contributed by atoms with Gasteiger partial charge in [0.1, 0.15) is 22.5 Å². The molecule has 3 N–H and O–H groups in total. The molecule has 36 heavy (non-hydrogen) atoms. The van der Waals surface area contributed by atoms with Crippen LogP contribution in [0.5, 0.6) is 0 Å². The van der Waals surface area contributed by atoms with Gasteiger partial charge in [-0.05, 0) is 37.0 Å². The topological polar surface area (TPSA) is 115 Å². The Morgan fingerprint density at radius 1 is 1.19 bits per heavy atom. The monoisotopic (exact) mass is 534 g/mol. The highest BCUT2D eigenvalue weighted by Crippen LogP contribution is 3.02. The third-order valence-electron chi connectivity index (χ3n) is 5.62. The van der Waals surface area contributed by atoms with Crippen LogP contribution in [0.25, 0.3) is 10.9 Å². The molecule has 1 aromatic carbocycles. The van der Waals surface area contributed by atoms with Gasteiger partial charge in [-0.25, -0.2) is 9.67 Å². The maximum atomic E-state index is 12.9. The van der Waals surface area contributed by atoms with Gasteiger partial charge in [0.25, 0.3) is 0 Å². The Morgan fingerprint density at radius 2 is 1.89 bits per heavy atom. The predicted octanol–water partition coefficient (Wildman–Crippen LogP) is 4.97. The molecule has 0 spiro atoms. The Labute approximate surface area is 202 Å². The number of ether oxygens (including phenoxy) is 1. The van der Waals surface area contributed by atoms with Crippen LogP contribution in [0.2, 0.25) is 0 Å². The number of fused-ring (bicyclic) bond motifs is 1. The molecule has 2 aromatic heterocycles. The van der Waals surface area contributed by atoms with Gasteiger partial charge < -0.3 is 20.7 Å². The van der Waals surface area contributed by atoms with E-state index in [1.807, 2.05) is 0 Å². The number of benzene rings is 1. The molecule has 196 valence electrons. The number of pyridine rings is 1. The van der Waals surface area contributed by atoms with Gasteiger partial charge in [-0.2, -0.15) is 5.10 Å². The van der Waals surface area contributed by atoms with Crippen LogP contribution in [0, 0.1) is 0 Å². The van der Waals surface area contributed by atoms with Crippen LogP contribution in [0.1, 0.15) is 31.1 Å². The summed E-state index contributed by atoms with van der Waals surface area (Å²) in [6, 6.07) is 2.14. The first-order valence-corrected chi connectivity index (χ1v) is 12.7. The van der Waals surface area contributed by atoms with E-state index < -0.39 is 26.9 Å². The molecule has 0 radical (unpaired) electrons. The number of amides is 2. The summed E-state index contributed by atoms with van der Waals surface area (Å²) in [5, 5.41) is 7.32. The van der Waals surface area contributed by atoms with Crippen molar-refractivity contribution in [3.05, 3.63) is 42.2 Å². The van der Waals surface area contributed by atoms with Gasteiger partial charge >= 0.3 is 22.0 Å². The van der Waals surface area contributed by atoms with Crippen LogP contribution >= 0.6 is 10.2 Å². The quantitative estimate of drug-likeness (QED) is 0.353. The first kappa shape index (κ1) is 25.6. The van der Waals surface area contributed by atoms with Crippen molar-refractivity contribution in [2.75, 3.05) is 24.7 Å². The third-order valence-corrected chi connectivity index (χ3v) is 6.79. The Morgan fingerprint density at radius 3 is 2.50 bits per heavy atom. The maximum Gasteiger partial charge on any atom is 0.314 e. The summed E-state index contributed by atoms with van der Waals surface area (Å²) in [4.78, 5) is 28.1. The van der Waals surface area contributed by atoms with Crippen molar-refractivity contribution in [1.82, 2.24) is 19.7 Å². The van der Waals surface area contributed by atoms with Gasteiger partial charge in [-0.3, -0.25) is 9.59 Å². The number of carbonyl (C=O) groups is 2. The molecule has 1 unspecified atom stereocenters. The van der Waals surface area contributed by atoms with Gasteiger partial charge in [0.05, 0.1) is 17.3 Å². The molecule has 1 atom stereocenters. The van der Waals surface area contributed by atoms with Crippen molar-refractivity contribution in [3.63, 3.8) is 0 Å². The second kappa shape index (κ2) is 8.30. The lowest BCUT2D eigenvalue weighted by molar-refractivity contribution is -0.142. The number of nitrogens with two attached hydrogens (primary N) is 1. The standard InChI is InChI=1S/C21H23F5N6O3S/c1-31(11-13-5-7-14(8-6-13)36(22,23,24,25)26)21(34)20(33)29-16-10-28-19(27)15-12-32(30-18(15)16)17-4-2-3-9-35-17/h5-8,10,12,17H,2-4,9,11H2,1H3,(H2,27,28)(H,29,33). The Hall–Kier alpha value is -3.46. The maximum absolute atomic E-state index is 12.9. The molecule has 1 aliphatic rings. The van der Waals surface area contributed by atoms with Gasteiger partial charge in [-0.1, -0.05) is 31.6 Å². The van der Waals surface area contributed by atoms with Gasteiger partial charge in [0.2, 0.25) is 0 Å². The Kier molecular flexibility index (Phi) is 5.91. The Balaban J connectivity index is 1.47. The van der Waals surface area contributed by atoms with Crippen LogP contribution in [0.3, 0.4) is 0 Å². The number of aromatic nitrogens is 3. The van der Waals surface area contributed by atoms with E-state index in [0.29, 0.717) is 17.5 Å². The third kappa shape index (κ3) is 5.51. The van der Waals surface area contributed by atoms with Crippen molar-refractivity contribution in [3.8, 4) is 0 Å². The number of hydrogen-bond donors (Lipinski definition) is 2. The fraction of sp³-hybridized carbons (Fsp3) is 0.333. The molecule has 0 saturated carbocycles. The number of hydrogen-bond acceptors (Lipinski definition) is 6. The summed E-state index contributed by atoms with van der Waals surface area (Å²) in [5.41, 5.74) is 6.48. The number of nitrogen functional groups attached to an aromatic ring is 1. The van der Waals surface area contributed by atoms with Crippen LogP contribution < -0.4 is 11.1 Å². The average molecular weight is 535 g/mol. The van der Waals surface area contributed by atoms with E-state index in [1.165, 1.54) is 13.2 Å². The molecule has 0 bridgehead atoms. The van der Waals surface area contributed by atoms with E-state index in [0.717, 1.165) is 36.3 Å². The number of anilines is 2. The fourth-order valence-electron chi connectivity index (χ4n) is 3.76. The highest BCUT2D eigenvalue weighted by Gasteiger charge is 2.65. The number of rotatable bonds is 5. The van der Waals surface area contributed by atoms with Crippen molar-refractivity contribution in [1.29, 1.82) is 0 Å². The van der Waals surface area contributed by atoms with Crippen LogP contribution in [0.15, 0.2) is 41.6 Å². The van der Waals surface area contributed by atoms with Gasteiger partial charge in [0.15, 0.2) is 0 Å². The van der Waals surface area contributed by atoms with Gasteiger partial charge in [-0.15, -0.1) is 0 Å². The fourth-order valence-corrected chi connectivity index (χ4v) is 4.41. The van der Waals surface area contributed by atoms with Crippen molar-refractivity contribution in [2.24, 2.45) is 0 Å². The summed E-state index contributed by atoms with van der Waals surface area (Å²) in [7, 11) is -8.56. The first-order chi connectivity index (χ1) is 16.6.